The first kappa shape index (κ1) is 17.3. The van der Waals surface area contributed by atoms with Crippen LogP contribution in [0.25, 0.3) is 0 Å². The number of nitrogens with one attached hydrogen (secondary N) is 1. The standard InChI is InChI=1S/C15H20FN3O2.HI/c16-12-5-10(14-11(6-12)8-20-9-21-14)7-18-15(17)19-13-3-1-2-4-13;/h5-6,13H,1-4,7-9H2,(H3,17,18,19);1H. The first-order valence-electron chi connectivity index (χ1n) is 7.30. The van der Waals surface area contributed by atoms with Crippen LogP contribution in [-0.2, 0) is 17.9 Å². The van der Waals surface area contributed by atoms with Gasteiger partial charge < -0.3 is 20.5 Å². The maximum Gasteiger partial charge on any atom is 0.189 e. The van der Waals surface area contributed by atoms with Crippen LogP contribution in [0.1, 0.15) is 36.8 Å². The molecule has 3 rings (SSSR count). The first-order chi connectivity index (χ1) is 10.2. The summed E-state index contributed by atoms with van der Waals surface area (Å²) in [6.07, 6.45) is 4.73. The Kier molecular flexibility index (Phi) is 6.25. The van der Waals surface area contributed by atoms with E-state index in [1.54, 1.807) is 0 Å². The van der Waals surface area contributed by atoms with Gasteiger partial charge in [0.2, 0.25) is 0 Å². The van der Waals surface area contributed by atoms with Gasteiger partial charge in [0.15, 0.2) is 12.8 Å². The molecular formula is C15H21FIN3O2. The molecule has 1 saturated carbocycles. The molecule has 0 bridgehead atoms. The van der Waals surface area contributed by atoms with Gasteiger partial charge in [-0.25, -0.2) is 9.38 Å². The van der Waals surface area contributed by atoms with Crippen molar-refractivity contribution in [3.63, 3.8) is 0 Å². The summed E-state index contributed by atoms with van der Waals surface area (Å²) >= 11 is 0. The Balaban J connectivity index is 0.00000176. The summed E-state index contributed by atoms with van der Waals surface area (Å²) in [5, 5.41) is 3.21. The summed E-state index contributed by atoms with van der Waals surface area (Å²) in [6, 6.07) is 3.29. The third-order valence-electron chi connectivity index (χ3n) is 3.88. The Bertz CT molecular complexity index is 548. The molecule has 0 unspecified atom stereocenters. The Morgan fingerprint density at radius 1 is 1.36 bits per heavy atom. The Hall–Kier alpha value is -1.09. The van der Waals surface area contributed by atoms with Crippen LogP contribution in [0.5, 0.6) is 5.75 Å². The first-order valence-corrected chi connectivity index (χ1v) is 7.30. The van der Waals surface area contributed by atoms with Crippen LogP contribution in [0.4, 0.5) is 4.39 Å². The zero-order valence-electron chi connectivity index (χ0n) is 12.3. The minimum absolute atomic E-state index is 0. The van der Waals surface area contributed by atoms with E-state index in [4.69, 9.17) is 15.2 Å². The number of guanidine groups is 1. The van der Waals surface area contributed by atoms with Gasteiger partial charge >= 0.3 is 0 Å². The summed E-state index contributed by atoms with van der Waals surface area (Å²) in [4.78, 5) is 4.30. The van der Waals surface area contributed by atoms with Gasteiger partial charge in [0.1, 0.15) is 11.6 Å². The van der Waals surface area contributed by atoms with E-state index in [-0.39, 0.29) is 36.6 Å². The van der Waals surface area contributed by atoms with Gasteiger partial charge in [-0.2, -0.15) is 0 Å². The summed E-state index contributed by atoms with van der Waals surface area (Å²) in [5.74, 6) is 0.766. The van der Waals surface area contributed by atoms with Crippen LogP contribution in [0.2, 0.25) is 0 Å². The molecule has 1 heterocycles. The van der Waals surface area contributed by atoms with Crippen LogP contribution in [0, 0.1) is 5.82 Å². The predicted molar refractivity (Wildman–Crippen MR) is 92.8 cm³/mol. The third kappa shape index (κ3) is 4.22. The van der Waals surface area contributed by atoms with Crippen molar-refractivity contribution in [2.24, 2.45) is 10.7 Å². The van der Waals surface area contributed by atoms with E-state index in [1.165, 1.54) is 25.0 Å². The predicted octanol–water partition coefficient (Wildman–Crippen LogP) is 2.66. The molecular weight excluding hydrogens is 400 g/mol. The number of nitrogens with zero attached hydrogens (tertiary/aromatic N) is 1. The van der Waals surface area contributed by atoms with E-state index in [2.05, 4.69) is 10.3 Å². The van der Waals surface area contributed by atoms with Crippen LogP contribution in [0.3, 0.4) is 0 Å². The molecule has 0 saturated heterocycles. The van der Waals surface area contributed by atoms with E-state index < -0.39 is 0 Å². The van der Waals surface area contributed by atoms with Crippen LogP contribution in [-0.4, -0.2) is 18.8 Å². The Morgan fingerprint density at radius 2 is 2.14 bits per heavy atom. The molecule has 1 aliphatic heterocycles. The minimum atomic E-state index is -0.310. The quantitative estimate of drug-likeness (QED) is 0.448. The summed E-state index contributed by atoms with van der Waals surface area (Å²) in [6.45, 7) is 0.844. The van der Waals surface area contributed by atoms with Crippen LogP contribution < -0.4 is 15.8 Å². The Morgan fingerprint density at radius 3 is 2.91 bits per heavy atom. The average molecular weight is 421 g/mol. The fourth-order valence-corrected chi connectivity index (χ4v) is 2.87. The molecule has 22 heavy (non-hydrogen) atoms. The molecule has 1 aliphatic carbocycles. The molecule has 0 aromatic heterocycles. The van der Waals surface area contributed by atoms with Crippen molar-refractivity contribution in [2.75, 3.05) is 6.79 Å². The number of fused-ring (bicyclic) bond motifs is 1. The molecule has 122 valence electrons. The van der Waals surface area contributed by atoms with Gasteiger partial charge in [-0.15, -0.1) is 24.0 Å². The van der Waals surface area contributed by atoms with Crippen molar-refractivity contribution in [1.29, 1.82) is 0 Å². The number of hydrogen-bond donors (Lipinski definition) is 2. The molecule has 0 atom stereocenters. The maximum atomic E-state index is 13.6. The van der Waals surface area contributed by atoms with E-state index >= 15 is 0 Å². The smallest absolute Gasteiger partial charge is 0.189 e. The molecule has 0 spiro atoms. The van der Waals surface area contributed by atoms with Crippen molar-refractivity contribution < 1.29 is 13.9 Å². The van der Waals surface area contributed by atoms with Gasteiger partial charge in [0, 0.05) is 17.2 Å². The van der Waals surface area contributed by atoms with Crippen LogP contribution in [0.15, 0.2) is 17.1 Å². The molecule has 2 aliphatic rings. The third-order valence-corrected chi connectivity index (χ3v) is 3.88. The summed E-state index contributed by atoms with van der Waals surface area (Å²) in [5.41, 5.74) is 7.31. The lowest BCUT2D eigenvalue weighted by molar-refractivity contribution is -0.0172. The average Bonchev–Trinajstić information content (AvgIpc) is 2.97. The highest BCUT2D eigenvalue weighted by Gasteiger charge is 2.17. The highest BCUT2D eigenvalue weighted by Crippen LogP contribution is 2.29. The lowest BCUT2D eigenvalue weighted by Crippen LogP contribution is -2.38. The molecule has 1 aromatic carbocycles. The van der Waals surface area contributed by atoms with Gasteiger partial charge in [-0.3, -0.25) is 0 Å². The van der Waals surface area contributed by atoms with Gasteiger partial charge in [-0.05, 0) is 25.0 Å². The van der Waals surface area contributed by atoms with Crippen LogP contribution >= 0.6 is 24.0 Å². The molecule has 0 amide bonds. The summed E-state index contributed by atoms with van der Waals surface area (Å²) in [7, 11) is 0. The zero-order valence-corrected chi connectivity index (χ0v) is 14.6. The van der Waals surface area contributed by atoms with Gasteiger partial charge in [-0.1, -0.05) is 12.8 Å². The van der Waals surface area contributed by atoms with E-state index in [9.17, 15) is 4.39 Å². The monoisotopic (exact) mass is 421 g/mol. The molecule has 3 N–H and O–H groups in total. The van der Waals surface area contributed by atoms with Gasteiger partial charge in [0.05, 0.1) is 13.2 Å². The second-order valence-electron chi connectivity index (χ2n) is 5.49. The normalized spacial score (nSPS) is 18.3. The van der Waals surface area contributed by atoms with Crippen molar-refractivity contribution >= 4 is 29.9 Å². The number of halogens is 2. The molecule has 0 radical (unpaired) electrons. The number of aliphatic imine (C=N–C) groups is 1. The van der Waals surface area contributed by atoms with Crippen molar-refractivity contribution in [3.05, 3.63) is 29.1 Å². The Labute approximate surface area is 146 Å². The number of hydrogen-bond acceptors (Lipinski definition) is 3. The van der Waals surface area contributed by atoms with E-state index in [0.29, 0.717) is 42.0 Å². The molecule has 1 fully saturated rings. The van der Waals surface area contributed by atoms with Gasteiger partial charge in [0.25, 0.3) is 0 Å². The van der Waals surface area contributed by atoms with Crippen molar-refractivity contribution in [3.8, 4) is 5.75 Å². The second kappa shape index (κ2) is 7.96. The fraction of sp³-hybridized carbons (Fsp3) is 0.533. The molecule has 1 aromatic rings. The number of ether oxygens (including phenoxy) is 2. The minimum Gasteiger partial charge on any atom is -0.467 e. The topological polar surface area (TPSA) is 68.9 Å². The zero-order chi connectivity index (χ0) is 14.7. The van der Waals surface area contributed by atoms with E-state index in [0.717, 1.165) is 12.8 Å². The van der Waals surface area contributed by atoms with E-state index in [1.807, 2.05) is 0 Å². The maximum absolute atomic E-state index is 13.6. The fourth-order valence-electron chi connectivity index (χ4n) is 2.87. The number of rotatable bonds is 3. The van der Waals surface area contributed by atoms with Crippen molar-refractivity contribution in [1.82, 2.24) is 5.32 Å². The molecule has 7 heteroatoms. The summed E-state index contributed by atoms with van der Waals surface area (Å²) < 4.78 is 24.2. The SMILES string of the molecule is I.NC(=NCc1cc(F)cc2c1OCOC2)NC1CCCC1. The second-order valence-corrected chi connectivity index (χ2v) is 5.49. The number of benzene rings is 1. The number of nitrogens with two attached hydrogens (primary N) is 1. The largest absolute Gasteiger partial charge is 0.467 e. The molecule has 5 nitrogen and oxygen atoms in total. The lowest BCUT2D eigenvalue weighted by Gasteiger charge is -2.20. The lowest BCUT2D eigenvalue weighted by atomic mass is 10.1. The highest BCUT2D eigenvalue weighted by atomic mass is 127. The highest BCUT2D eigenvalue weighted by molar-refractivity contribution is 14.0. The van der Waals surface area contributed by atoms with Crippen molar-refractivity contribution in [2.45, 2.75) is 44.9 Å².